The van der Waals surface area contributed by atoms with Crippen molar-refractivity contribution >= 4 is 28.1 Å². The third-order valence-corrected chi connectivity index (χ3v) is 1.50. The van der Waals surface area contributed by atoms with E-state index in [1.165, 1.54) is 6.38 Å². The summed E-state index contributed by atoms with van der Waals surface area (Å²) in [5, 5.41) is 0. The molecule has 0 radical (unpaired) electrons. The van der Waals surface area contributed by atoms with Crippen LogP contribution in [0.1, 0.15) is 0 Å². The molecular formula is CH5ClO5P2Zn. The van der Waals surface area contributed by atoms with E-state index >= 15 is 0 Å². The van der Waals surface area contributed by atoms with Gasteiger partial charge in [0, 0.05) is 6.38 Å². The SMILES string of the molecule is CCl.O=[PH]([O-])O[PH](=O)[O-].[Zn+2]. The van der Waals surface area contributed by atoms with Crippen LogP contribution in [0.3, 0.4) is 0 Å². The first-order chi connectivity index (χ1) is 4.13. The van der Waals surface area contributed by atoms with E-state index in [0.29, 0.717) is 0 Å². The number of rotatable bonds is 2. The van der Waals surface area contributed by atoms with E-state index in [1.807, 2.05) is 0 Å². The number of alkyl halides is 1. The molecule has 0 saturated heterocycles. The summed E-state index contributed by atoms with van der Waals surface area (Å²) in [5.41, 5.74) is 0. The minimum absolute atomic E-state index is 0. The van der Waals surface area contributed by atoms with Crippen molar-refractivity contribution in [2.45, 2.75) is 0 Å². The number of hydrogen-bond acceptors (Lipinski definition) is 5. The molecule has 0 saturated carbocycles. The minimum Gasteiger partial charge on any atom is -0.781 e. The summed E-state index contributed by atoms with van der Waals surface area (Å²) in [6.45, 7) is 0. The maximum absolute atomic E-state index is 9.29. The van der Waals surface area contributed by atoms with Crippen molar-refractivity contribution in [2.75, 3.05) is 6.38 Å². The van der Waals surface area contributed by atoms with Crippen LogP contribution in [-0.4, -0.2) is 6.38 Å². The topological polar surface area (TPSA) is 89.5 Å². The molecule has 0 aromatic carbocycles. The molecule has 0 N–H and O–H groups in total. The minimum atomic E-state index is -3.51. The van der Waals surface area contributed by atoms with Gasteiger partial charge in [0.05, 0.1) is 0 Å². The quantitative estimate of drug-likeness (QED) is 0.374. The summed E-state index contributed by atoms with van der Waals surface area (Å²) in [6.07, 6.45) is 1.47. The largest absolute Gasteiger partial charge is 2.00 e. The van der Waals surface area contributed by atoms with Crippen molar-refractivity contribution < 1.29 is 42.7 Å². The van der Waals surface area contributed by atoms with Crippen LogP contribution in [-0.2, 0) is 32.9 Å². The van der Waals surface area contributed by atoms with Gasteiger partial charge in [-0.05, 0) is 0 Å². The van der Waals surface area contributed by atoms with Crippen LogP contribution in [0.2, 0.25) is 0 Å². The van der Waals surface area contributed by atoms with E-state index in [2.05, 4.69) is 15.9 Å². The standard InChI is InChI=1S/CH3Cl.H4O5P2.Zn/c1-2;1-6(2)5-7(3)4;/h1H3;6-7H,(H,1,2)(H,3,4);/q;;+2/p-2. The van der Waals surface area contributed by atoms with Crippen molar-refractivity contribution in [1.82, 2.24) is 0 Å². The summed E-state index contributed by atoms with van der Waals surface area (Å²) in [4.78, 5) is 18.6. The predicted octanol–water partition coefficient (Wildman–Crippen LogP) is -0.645. The second kappa shape index (κ2) is 12.9. The van der Waals surface area contributed by atoms with Crippen LogP contribution in [0.5, 0.6) is 0 Å². The molecule has 2 atom stereocenters. The van der Waals surface area contributed by atoms with Gasteiger partial charge in [-0.3, -0.25) is 4.31 Å². The molecule has 5 nitrogen and oxygen atoms in total. The maximum atomic E-state index is 9.29. The number of halogens is 1. The van der Waals surface area contributed by atoms with Crippen molar-refractivity contribution in [1.29, 1.82) is 0 Å². The van der Waals surface area contributed by atoms with E-state index in [1.54, 1.807) is 0 Å². The Bertz CT molecular complexity index is 95.8. The van der Waals surface area contributed by atoms with Gasteiger partial charge in [0.1, 0.15) is 16.5 Å². The van der Waals surface area contributed by atoms with Crippen LogP contribution in [0.25, 0.3) is 0 Å². The second-order valence-electron chi connectivity index (χ2n) is 0.602. The summed E-state index contributed by atoms with van der Waals surface area (Å²) in [7, 11) is -7.03. The molecule has 0 aromatic heterocycles. The van der Waals surface area contributed by atoms with Gasteiger partial charge in [0.15, 0.2) is 0 Å². The molecule has 10 heavy (non-hydrogen) atoms. The average Bonchev–Trinajstić information content (AvgIpc) is 1.68. The van der Waals surface area contributed by atoms with Gasteiger partial charge in [-0.1, -0.05) is 0 Å². The smallest absolute Gasteiger partial charge is 0.781 e. The zero-order valence-corrected chi connectivity index (χ0v) is 10.8. The third-order valence-electron chi connectivity index (χ3n) is 0.167. The van der Waals surface area contributed by atoms with E-state index in [9.17, 15) is 18.9 Å². The molecule has 0 aromatic rings. The monoisotopic (exact) mass is 258 g/mol. The second-order valence-corrected chi connectivity index (χ2v) is 2.42. The van der Waals surface area contributed by atoms with E-state index in [0.717, 1.165) is 0 Å². The van der Waals surface area contributed by atoms with Gasteiger partial charge in [-0.15, -0.1) is 11.6 Å². The Balaban J connectivity index is -0.000000149. The fourth-order valence-electron chi connectivity index (χ4n) is 0.0680. The molecule has 0 heterocycles. The van der Waals surface area contributed by atoms with Crippen LogP contribution in [0, 0.1) is 0 Å². The van der Waals surface area contributed by atoms with Gasteiger partial charge in [0.25, 0.3) is 0 Å². The molecule has 0 amide bonds. The van der Waals surface area contributed by atoms with Gasteiger partial charge in [0.2, 0.25) is 0 Å². The molecule has 9 heteroatoms. The normalized spacial score (nSPS) is 13.6. The summed E-state index contributed by atoms with van der Waals surface area (Å²) in [6, 6.07) is 0. The summed E-state index contributed by atoms with van der Waals surface area (Å²) >= 11 is 4.64. The Labute approximate surface area is 77.4 Å². The maximum Gasteiger partial charge on any atom is 2.00 e. The molecule has 0 aliphatic carbocycles. The van der Waals surface area contributed by atoms with Crippen LogP contribution < -0.4 is 9.79 Å². The Hall–Kier alpha value is 1.25. The third kappa shape index (κ3) is 22.8. The molecule has 58 valence electrons. The molecular weight excluding hydrogens is 255 g/mol. The molecule has 0 aliphatic heterocycles. The van der Waals surface area contributed by atoms with Crippen molar-refractivity contribution in [2.24, 2.45) is 0 Å². The first-order valence-corrected chi connectivity index (χ1v) is 4.81. The Kier molecular flexibility index (Phi) is 22.4. The van der Waals surface area contributed by atoms with Gasteiger partial charge < -0.3 is 18.9 Å². The summed E-state index contributed by atoms with van der Waals surface area (Å²) < 4.78 is 21.8. The molecule has 0 fully saturated rings. The zero-order valence-electron chi connectivity index (χ0n) is 5.13. The molecule has 0 rings (SSSR count). The number of hydrogen-bond donors (Lipinski definition) is 0. The van der Waals surface area contributed by atoms with Gasteiger partial charge in [-0.2, -0.15) is 0 Å². The molecule has 0 aliphatic rings. The Morgan fingerprint density at radius 1 is 1.20 bits per heavy atom. The first-order valence-electron chi connectivity index (χ1n) is 1.60. The predicted molar refractivity (Wildman–Crippen MR) is 30.9 cm³/mol. The van der Waals surface area contributed by atoms with E-state index in [4.69, 9.17) is 0 Å². The van der Waals surface area contributed by atoms with E-state index < -0.39 is 16.5 Å². The van der Waals surface area contributed by atoms with Crippen molar-refractivity contribution in [3.63, 3.8) is 0 Å². The van der Waals surface area contributed by atoms with Gasteiger partial charge in [-0.25, -0.2) is 0 Å². The van der Waals surface area contributed by atoms with Crippen LogP contribution >= 0.6 is 28.1 Å². The summed E-state index contributed by atoms with van der Waals surface area (Å²) in [5.74, 6) is 0. The van der Waals surface area contributed by atoms with Crippen molar-refractivity contribution in [3.8, 4) is 0 Å². The first kappa shape index (κ1) is 17.4. The Morgan fingerprint density at radius 2 is 1.40 bits per heavy atom. The molecule has 0 bridgehead atoms. The van der Waals surface area contributed by atoms with Crippen LogP contribution in [0.4, 0.5) is 0 Å². The van der Waals surface area contributed by atoms with Crippen LogP contribution in [0.15, 0.2) is 0 Å². The zero-order chi connectivity index (χ0) is 7.86. The fourth-order valence-corrected chi connectivity index (χ4v) is 0.612. The van der Waals surface area contributed by atoms with Crippen molar-refractivity contribution in [3.05, 3.63) is 0 Å². The molecule has 2 unspecified atom stereocenters. The van der Waals surface area contributed by atoms with Gasteiger partial charge >= 0.3 is 19.5 Å². The fraction of sp³-hybridized carbons (Fsp3) is 1.00. The Morgan fingerprint density at radius 3 is 1.40 bits per heavy atom. The van der Waals surface area contributed by atoms with E-state index in [-0.39, 0.29) is 19.5 Å². The average molecular weight is 260 g/mol. The molecule has 0 spiro atoms.